The van der Waals surface area contributed by atoms with Gasteiger partial charge in [-0.1, -0.05) is 12.8 Å². The lowest BCUT2D eigenvalue weighted by molar-refractivity contribution is -0.321. The van der Waals surface area contributed by atoms with E-state index >= 15 is 0 Å². The predicted octanol–water partition coefficient (Wildman–Crippen LogP) is 3.28. The van der Waals surface area contributed by atoms with E-state index < -0.39 is 25.1 Å². The monoisotopic (exact) mass is 281 g/mol. The SMILES string of the molecule is CNCCCCCCOC(C(F)(F)F)C(F)(F)F. The van der Waals surface area contributed by atoms with Crippen molar-refractivity contribution in [2.75, 3.05) is 20.2 Å². The van der Waals surface area contributed by atoms with E-state index in [1.165, 1.54) is 0 Å². The van der Waals surface area contributed by atoms with Crippen molar-refractivity contribution < 1.29 is 31.1 Å². The number of rotatable bonds is 8. The van der Waals surface area contributed by atoms with Crippen LogP contribution in [0, 0.1) is 0 Å². The van der Waals surface area contributed by atoms with Gasteiger partial charge in [0.1, 0.15) is 0 Å². The van der Waals surface area contributed by atoms with E-state index in [0.29, 0.717) is 6.42 Å². The van der Waals surface area contributed by atoms with E-state index in [1.54, 1.807) is 7.05 Å². The molecule has 0 unspecified atom stereocenters. The molecule has 0 rings (SSSR count). The number of nitrogens with one attached hydrogen (secondary N) is 1. The fourth-order valence-electron chi connectivity index (χ4n) is 1.33. The second-order valence-electron chi connectivity index (χ2n) is 3.85. The summed E-state index contributed by atoms with van der Waals surface area (Å²) >= 11 is 0. The van der Waals surface area contributed by atoms with Crippen LogP contribution in [0.4, 0.5) is 26.3 Å². The molecule has 2 nitrogen and oxygen atoms in total. The van der Waals surface area contributed by atoms with Crippen LogP contribution in [0.25, 0.3) is 0 Å². The Hall–Kier alpha value is -0.500. The van der Waals surface area contributed by atoms with Crippen LogP contribution >= 0.6 is 0 Å². The maximum atomic E-state index is 12.0. The molecule has 0 aromatic carbocycles. The average molecular weight is 281 g/mol. The second kappa shape index (κ2) is 7.83. The number of ether oxygens (including phenoxy) is 1. The molecular weight excluding hydrogens is 264 g/mol. The minimum absolute atomic E-state index is 0.187. The molecule has 0 aliphatic heterocycles. The van der Waals surface area contributed by atoms with Crippen LogP contribution in [0.5, 0.6) is 0 Å². The van der Waals surface area contributed by atoms with Crippen LogP contribution in [0.3, 0.4) is 0 Å². The summed E-state index contributed by atoms with van der Waals surface area (Å²) in [5.41, 5.74) is 0. The van der Waals surface area contributed by atoms with Crippen molar-refractivity contribution in [3.05, 3.63) is 0 Å². The Morgan fingerprint density at radius 2 is 1.39 bits per heavy atom. The normalized spacial score (nSPS) is 13.3. The first-order valence-electron chi connectivity index (χ1n) is 5.59. The summed E-state index contributed by atoms with van der Waals surface area (Å²) in [6.45, 7) is 0.234. The Balaban J connectivity index is 3.86. The highest BCUT2D eigenvalue weighted by Crippen LogP contribution is 2.35. The van der Waals surface area contributed by atoms with E-state index in [9.17, 15) is 26.3 Å². The van der Waals surface area contributed by atoms with Crippen LogP contribution in [-0.4, -0.2) is 38.7 Å². The van der Waals surface area contributed by atoms with Gasteiger partial charge in [0.05, 0.1) is 0 Å². The van der Waals surface area contributed by atoms with Crippen molar-refractivity contribution >= 4 is 0 Å². The van der Waals surface area contributed by atoms with E-state index in [1.807, 2.05) is 0 Å². The number of hydrogen-bond donors (Lipinski definition) is 1. The lowest BCUT2D eigenvalue weighted by Gasteiger charge is -2.23. The van der Waals surface area contributed by atoms with E-state index in [-0.39, 0.29) is 6.42 Å². The van der Waals surface area contributed by atoms with Crippen LogP contribution in [0.1, 0.15) is 25.7 Å². The van der Waals surface area contributed by atoms with Gasteiger partial charge in [0.2, 0.25) is 6.10 Å². The van der Waals surface area contributed by atoms with E-state index in [0.717, 1.165) is 19.4 Å². The van der Waals surface area contributed by atoms with Gasteiger partial charge in [-0.25, -0.2) is 0 Å². The van der Waals surface area contributed by atoms with Gasteiger partial charge >= 0.3 is 12.4 Å². The van der Waals surface area contributed by atoms with Crippen LogP contribution in [0.2, 0.25) is 0 Å². The van der Waals surface area contributed by atoms with Crippen molar-refractivity contribution in [1.29, 1.82) is 0 Å². The van der Waals surface area contributed by atoms with Crippen molar-refractivity contribution in [3.63, 3.8) is 0 Å². The van der Waals surface area contributed by atoms with Crippen molar-refractivity contribution in [3.8, 4) is 0 Å². The second-order valence-corrected chi connectivity index (χ2v) is 3.85. The molecule has 0 aromatic heterocycles. The van der Waals surface area contributed by atoms with E-state index in [2.05, 4.69) is 10.1 Å². The topological polar surface area (TPSA) is 21.3 Å². The standard InChI is InChI=1S/C10H17F6NO/c1-17-6-4-2-3-5-7-18-8(9(11,12)13)10(14,15)16/h8,17H,2-7H2,1H3. The summed E-state index contributed by atoms with van der Waals surface area (Å²) < 4.78 is 76.1. The molecule has 0 radical (unpaired) electrons. The Bertz CT molecular complexity index is 201. The molecule has 1 N–H and O–H groups in total. The van der Waals surface area contributed by atoms with Crippen LogP contribution in [-0.2, 0) is 4.74 Å². The Morgan fingerprint density at radius 3 is 1.83 bits per heavy atom. The zero-order chi connectivity index (χ0) is 14.2. The summed E-state index contributed by atoms with van der Waals surface area (Å²) in [5, 5.41) is 2.89. The summed E-state index contributed by atoms with van der Waals surface area (Å²) in [4.78, 5) is 0. The summed E-state index contributed by atoms with van der Waals surface area (Å²) in [6.07, 6.45) is -12.2. The molecule has 0 spiro atoms. The highest BCUT2D eigenvalue weighted by atomic mass is 19.4. The summed E-state index contributed by atoms with van der Waals surface area (Å²) in [5.74, 6) is 0. The van der Waals surface area contributed by atoms with Gasteiger partial charge in [-0.15, -0.1) is 0 Å². The highest BCUT2D eigenvalue weighted by molar-refractivity contribution is 4.75. The molecule has 0 aliphatic rings. The first-order chi connectivity index (χ1) is 8.19. The number of alkyl halides is 6. The molecule has 0 atom stereocenters. The maximum absolute atomic E-state index is 12.0. The molecule has 0 fully saturated rings. The third kappa shape index (κ3) is 7.75. The molecule has 0 aliphatic carbocycles. The predicted molar refractivity (Wildman–Crippen MR) is 54.2 cm³/mol. The lowest BCUT2D eigenvalue weighted by Crippen LogP contribution is -2.44. The fraction of sp³-hybridized carbons (Fsp3) is 1.00. The third-order valence-corrected chi connectivity index (χ3v) is 2.20. The largest absolute Gasteiger partial charge is 0.423 e. The lowest BCUT2D eigenvalue weighted by atomic mass is 10.2. The smallest absolute Gasteiger partial charge is 0.361 e. The van der Waals surface area contributed by atoms with Crippen molar-refractivity contribution in [1.82, 2.24) is 5.32 Å². The highest BCUT2D eigenvalue weighted by Gasteiger charge is 2.57. The molecule has 18 heavy (non-hydrogen) atoms. The molecule has 0 aromatic rings. The fourth-order valence-corrected chi connectivity index (χ4v) is 1.33. The van der Waals surface area contributed by atoms with Crippen LogP contribution < -0.4 is 5.32 Å². The minimum Gasteiger partial charge on any atom is -0.361 e. The number of unbranched alkanes of at least 4 members (excludes halogenated alkanes) is 3. The van der Waals surface area contributed by atoms with Gasteiger partial charge in [0.25, 0.3) is 0 Å². The summed E-state index contributed by atoms with van der Waals surface area (Å²) in [7, 11) is 1.76. The molecule has 110 valence electrons. The zero-order valence-corrected chi connectivity index (χ0v) is 10.00. The average Bonchev–Trinajstić information content (AvgIpc) is 2.18. The molecular formula is C10H17F6NO. The van der Waals surface area contributed by atoms with Gasteiger partial charge in [0, 0.05) is 6.61 Å². The minimum atomic E-state index is -5.41. The Kier molecular flexibility index (Phi) is 7.61. The molecule has 0 bridgehead atoms. The van der Waals surface area contributed by atoms with Gasteiger partial charge < -0.3 is 10.1 Å². The third-order valence-electron chi connectivity index (χ3n) is 2.20. The van der Waals surface area contributed by atoms with Crippen LogP contribution in [0.15, 0.2) is 0 Å². The molecule has 0 amide bonds. The molecule has 0 heterocycles. The summed E-state index contributed by atoms with van der Waals surface area (Å²) in [6, 6.07) is 0. The molecule has 0 saturated carbocycles. The van der Waals surface area contributed by atoms with E-state index in [4.69, 9.17) is 0 Å². The first kappa shape index (κ1) is 17.5. The maximum Gasteiger partial charge on any atom is 0.423 e. The van der Waals surface area contributed by atoms with Gasteiger partial charge in [-0.05, 0) is 26.4 Å². The zero-order valence-electron chi connectivity index (χ0n) is 10.00. The number of hydrogen-bond acceptors (Lipinski definition) is 2. The Labute approximate surface area is 102 Å². The van der Waals surface area contributed by atoms with Crippen molar-refractivity contribution in [2.24, 2.45) is 0 Å². The first-order valence-corrected chi connectivity index (χ1v) is 5.59. The van der Waals surface area contributed by atoms with Gasteiger partial charge in [-0.2, -0.15) is 26.3 Å². The number of halogens is 6. The molecule has 8 heteroatoms. The van der Waals surface area contributed by atoms with Gasteiger partial charge in [0.15, 0.2) is 0 Å². The van der Waals surface area contributed by atoms with Gasteiger partial charge in [-0.3, -0.25) is 0 Å². The Morgan fingerprint density at radius 1 is 0.889 bits per heavy atom. The van der Waals surface area contributed by atoms with Crippen molar-refractivity contribution in [2.45, 2.75) is 44.1 Å². The quantitative estimate of drug-likeness (QED) is 0.544. The molecule has 0 saturated heterocycles.